The maximum Gasteiger partial charge on any atom is 0.131 e. The van der Waals surface area contributed by atoms with E-state index in [2.05, 4.69) is 21.2 Å². The maximum absolute atomic E-state index is 14.2. The van der Waals surface area contributed by atoms with E-state index in [-0.39, 0.29) is 11.9 Å². The van der Waals surface area contributed by atoms with Crippen LogP contribution < -0.4 is 10.1 Å². The number of likely N-dealkylation sites (N-methyl/N-ethyl adjacent to an activating group) is 1. The van der Waals surface area contributed by atoms with Crippen molar-refractivity contribution < 1.29 is 9.13 Å². The largest absolute Gasteiger partial charge is 0.496 e. The fraction of sp³-hybridized carbons (Fsp3) is 0.250. The third kappa shape index (κ3) is 3.76. The standard InChI is InChI=1S/C16H16BrClFNO/c1-20-14(8-10-6-7-11(17)9-12(10)18)16-13(19)4-3-5-15(16)21-2/h3-7,9,14,20H,8H2,1-2H3. The minimum Gasteiger partial charge on any atom is -0.496 e. The molecule has 0 spiro atoms. The van der Waals surface area contributed by atoms with Gasteiger partial charge in [-0.2, -0.15) is 0 Å². The number of methoxy groups -OCH3 is 1. The zero-order chi connectivity index (χ0) is 15.4. The van der Waals surface area contributed by atoms with Crippen LogP contribution in [0.3, 0.4) is 0 Å². The molecule has 0 radical (unpaired) electrons. The SMILES string of the molecule is CNC(Cc1ccc(Br)cc1Cl)c1c(F)cccc1OC. The highest BCUT2D eigenvalue weighted by Crippen LogP contribution is 2.32. The fourth-order valence-corrected chi connectivity index (χ4v) is 3.04. The summed E-state index contributed by atoms with van der Waals surface area (Å²) in [6, 6.07) is 10.3. The van der Waals surface area contributed by atoms with Crippen molar-refractivity contribution in [1.82, 2.24) is 5.32 Å². The van der Waals surface area contributed by atoms with Gasteiger partial charge in [0.05, 0.1) is 7.11 Å². The molecule has 0 heterocycles. The second-order valence-electron chi connectivity index (χ2n) is 4.64. The highest BCUT2D eigenvalue weighted by atomic mass is 79.9. The Morgan fingerprint density at radius 1 is 1.33 bits per heavy atom. The lowest BCUT2D eigenvalue weighted by atomic mass is 9.97. The van der Waals surface area contributed by atoms with Crippen LogP contribution in [0.4, 0.5) is 4.39 Å². The first-order valence-corrected chi connectivity index (χ1v) is 7.67. The number of ether oxygens (including phenoxy) is 1. The number of rotatable bonds is 5. The van der Waals surface area contributed by atoms with Crippen LogP contribution in [0.5, 0.6) is 5.75 Å². The van der Waals surface area contributed by atoms with Crippen molar-refractivity contribution in [2.45, 2.75) is 12.5 Å². The molecule has 0 amide bonds. The van der Waals surface area contributed by atoms with E-state index >= 15 is 0 Å². The third-order valence-electron chi connectivity index (χ3n) is 3.37. The van der Waals surface area contributed by atoms with Gasteiger partial charge in [0.2, 0.25) is 0 Å². The van der Waals surface area contributed by atoms with Gasteiger partial charge >= 0.3 is 0 Å². The molecule has 0 saturated heterocycles. The predicted octanol–water partition coefficient (Wildman–Crippen LogP) is 4.75. The van der Waals surface area contributed by atoms with Crippen molar-refractivity contribution in [1.29, 1.82) is 0 Å². The molecule has 0 bridgehead atoms. The molecule has 0 aliphatic carbocycles. The predicted molar refractivity (Wildman–Crippen MR) is 87.6 cm³/mol. The average Bonchev–Trinajstić information content (AvgIpc) is 2.47. The van der Waals surface area contributed by atoms with Gasteiger partial charge in [0.25, 0.3) is 0 Å². The van der Waals surface area contributed by atoms with Gasteiger partial charge in [-0.15, -0.1) is 0 Å². The Bertz CT molecular complexity index is 636. The summed E-state index contributed by atoms with van der Waals surface area (Å²) in [4.78, 5) is 0. The molecule has 0 saturated carbocycles. The number of halogens is 3. The van der Waals surface area contributed by atoms with Crippen molar-refractivity contribution in [2.75, 3.05) is 14.2 Å². The van der Waals surface area contributed by atoms with Gasteiger partial charge in [0.1, 0.15) is 11.6 Å². The van der Waals surface area contributed by atoms with Crippen LogP contribution in [-0.4, -0.2) is 14.2 Å². The quantitative estimate of drug-likeness (QED) is 0.817. The Morgan fingerprint density at radius 3 is 2.71 bits per heavy atom. The molecule has 0 aliphatic heterocycles. The molecule has 1 atom stereocenters. The van der Waals surface area contributed by atoms with E-state index in [0.717, 1.165) is 10.0 Å². The van der Waals surface area contributed by atoms with Crippen LogP contribution in [0.2, 0.25) is 5.02 Å². The lowest BCUT2D eigenvalue weighted by Crippen LogP contribution is -2.21. The van der Waals surface area contributed by atoms with Gasteiger partial charge < -0.3 is 10.1 Å². The molecule has 0 fully saturated rings. The molecule has 1 unspecified atom stereocenters. The Hall–Kier alpha value is -1.10. The number of hydrogen-bond acceptors (Lipinski definition) is 2. The molecular weight excluding hydrogens is 357 g/mol. The summed E-state index contributed by atoms with van der Waals surface area (Å²) in [5.41, 5.74) is 1.46. The van der Waals surface area contributed by atoms with Crippen LogP contribution in [-0.2, 0) is 6.42 Å². The average molecular weight is 373 g/mol. The van der Waals surface area contributed by atoms with Gasteiger partial charge in [-0.3, -0.25) is 0 Å². The molecule has 5 heteroatoms. The summed E-state index contributed by atoms with van der Waals surface area (Å²) in [6.07, 6.45) is 0.569. The van der Waals surface area contributed by atoms with Gasteiger partial charge in [-0.25, -0.2) is 4.39 Å². The summed E-state index contributed by atoms with van der Waals surface area (Å²) >= 11 is 9.63. The van der Waals surface area contributed by atoms with Gasteiger partial charge in [0.15, 0.2) is 0 Å². The molecule has 112 valence electrons. The Morgan fingerprint density at radius 2 is 2.10 bits per heavy atom. The highest BCUT2D eigenvalue weighted by molar-refractivity contribution is 9.10. The molecule has 2 aromatic carbocycles. The van der Waals surface area contributed by atoms with Crippen molar-refractivity contribution >= 4 is 27.5 Å². The molecule has 1 N–H and O–H groups in total. The van der Waals surface area contributed by atoms with Crippen LogP contribution in [0.1, 0.15) is 17.2 Å². The topological polar surface area (TPSA) is 21.3 Å². The van der Waals surface area contributed by atoms with Crippen molar-refractivity contribution in [3.63, 3.8) is 0 Å². The minimum atomic E-state index is -0.290. The van der Waals surface area contributed by atoms with Crippen LogP contribution in [0, 0.1) is 5.82 Å². The normalized spacial score (nSPS) is 12.2. The lowest BCUT2D eigenvalue weighted by molar-refractivity contribution is 0.393. The smallest absolute Gasteiger partial charge is 0.131 e. The molecule has 2 aromatic rings. The van der Waals surface area contributed by atoms with Crippen LogP contribution >= 0.6 is 27.5 Å². The Labute approximate surface area is 137 Å². The molecule has 2 rings (SSSR count). The fourth-order valence-electron chi connectivity index (χ4n) is 2.29. The van der Waals surface area contributed by atoms with E-state index in [9.17, 15) is 4.39 Å². The monoisotopic (exact) mass is 371 g/mol. The summed E-state index contributed by atoms with van der Waals surface area (Å²) < 4.78 is 20.4. The van der Waals surface area contributed by atoms with E-state index in [1.54, 1.807) is 19.2 Å². The number of hydrogen-bond donors (Lipinski definition) is 1. The third-order valence-corrected chi connectivity index (χ3v) is 4.21. The first-order chi connectivity index (χ1) is 10.1. The second kappa shape index (κ2) is 7.25. The molecule has 2 nitrogen and oxygen atoms in total. The van der Waals surface area contributed by atoms with Gasteiger partial charge in [0, 0.05) is 21.1 Å². The first kappa shape index (κ1) is 16.3. The summed E-state index contributed by atoms with van der Waals surface area (Å²) in [5, 5.41) is 3.79. The van der Waals surface area contributed by atoms with E-state index in [1.807, 2.05) is 18.2 Å². The van der Waals surface area contributed by atoms with Gasteiger partial charge in [-0.05, 0) is 43.3 Å². The van der Waals surface area contributed by atoms with Gasteiger partial charge in [-0.1, -0.05) is 39.7 Å². The number of benzene rings is 2. The van der Waals surface area contributed by atoms with E-state index in [4.69, 9.17) is 16.3 Å². The van der Waals surface area contributed by atoms with E-state index in [1.165, 1.54) is 13.2 Å². The minimum absolute atomic E-state index is 0.222. The number of nitrogens with one attached hydrogen (secondary N) is 1. The summed E-state index contributed by atoms with van der Waals surface area (Å²) in [6.45, 7) is 0. The lowest BCUT2D eigenvalue weighted by Gasteiger charge is -2.20. The second-order valence-corrected chi connectivity index (χ2v) is 5.96. The summed E-state index contributed by atoms with van der Waals surface area (Å²) in [5.74, 6) is 0.240. The first-order valence-electron chi connectivity index (χ1n) is 6.50. The van der Waals surface area contributed by atoms with E-state index < -0.39 is 0 Å². The molecule has 0 aliphatic rings. The maximum atomic E-state index is 14.2. The Balaban J connectivity index is 2.36. The summed E-state index contributed by atoms with van der Waals surface area (Å²) in [7, 11) is 3.33. The van der Waals surface area contributed by atoms with Crippen LogP contribution in [0.15, 0.2) is 40.9 Å². The van der Waals surface area contributed by atoms with Crippen molar-refractivity contribution in [3.8, 4) is 5.75 Å². The van der Waals surface area contributed by atoms with Crippen molar-refractivity contribution in [2.24, 2.45) is 0 Å². The molecular formula is C16H16BrClFNO. The zero-order valence-corrected chi connectivity index (χ0v) is 14.1. The van der Waals surface area contributed by atoms with Crippen molar-refractivity contribution in [3.05, 3.63) is 62.8 Å². The molecule has 21 heavy (non-hydrogen) atoms. The molecule has 0 aromatic heterocycles. The van der Waals surface area contributed by atoms with Crippen LogP contribution in [0.25, 0.3) is 0 Å². The Kier molecular flexibility index (Phi) is 5.62. The van der Waals surface area contributed by atoms with E-state index in [0.29, 0.717) is 22.8 Å². The highest BCUT2D eigenvalue weighted by Gasteiger charge is 2.20. The zero-order valence-electron chi connectivity index (χ0n) is 11.8.